The summed E-state index contributed by atoms with van der Waals surface area (Å²) in [6.45, 7) is 6.15. The lowest BCUT2D eigenvalue weighted by molar-refractivity contribution is -0.129. The van der Waals surface area contributed by atoms with Gasteiger partial charge in [-0.3, -0.25) is 4.79 Å². The van der Waals surface area contributed by atoms with E-state index in [1.54, 1.807) is 4.90 Å². The molecular formula is C15H25N5O2. The molecule has 122 valence electrons. The van der Waals surface area contributed by atoms with E-state index in [9.17, 15) is 9.90 Å². The van der Waals surface area contributed by atoms with Crippen LogP contribution >= 0.6 is 0 Å². The van der Waals surface area contributed by atoms with Gasteiger partial charge in [-0.15, -0.1) is 0 Å². The predicted molar refractivity (Wildman–Crippen MR) is 85.9 cm³/mol. The second-order valence-electron chi connectivity index (χ2n) is 5.78. The van der Waals surface area contributed by atoms with Crippen LogP contribution in [0.1, 0.15) is 26.7 Å². The maximum atomic E-state index is 11.8. The zero-order chi connectivity index (χ0) is 16.2. The Morgan fingerprint density at radius 2 is 2.05 bits per heavy atom. The molecule has 2 heterocycles. The van der Waals surface area contributed by atoms with Crippen LogP contribution in [-0.2, 0) is 4.79 Å². The number of likely N-dealkylation sites (N-methyl/N-ethyl adjacent to an activating group) is 1. The summed E-state index contributed by atoms with van der Waals surface area (Å²) in [6.07, 6.45) is 2.85. The molecule has 2 N–H and O–H groups in total. The van der Waals surface area contributed by atoms with Crippen molar-refractivity contribution in [1.82, 2.24) is 14.9 Å². The molecule has 0 spiro atoms. The average Bonchev–Trinajstić information content (AvgIpc) is 2.55. The van der Waals surface area contributed by atoms with Gasteiger partial charge in [-0.05, 0) is 12.8 Å². The van der Waals surface area contributed by atoms with E-state index in [2.05, 4.69) is 15.3 Å². The second kappa shape index (κ2) is 6.91. The van der Waals surface area contributed by atoms with Crippen molar-refractivity contribution in [2.24, 2.45) is 0 Å². The van der Waals surface area contributed by atoms with Gasteiger partial charge in [0.15, 0.2) is 0 Å². The van der Waals surface area contributed by atoms with Crippen LogP contribution in [0.25, 0.3) is 0 Å². The number of nitrogens with zero attached hydrogens (tertiary/aromatic N) is 4. The number of carbonyl (C=O) groups is 1. The lowest BCUT2D eigenvalue weighted by atomic mass is 9.98. The number of hydrogen-bond donors (Lipinski definition) is 2. The number of aliphatic hydroxyl groups is 1. The lowest BCUT2D eigenvalue weighted by Gasteiger charge is -2.32. The van der Waals surface area contributed by atoms with Gasteiger partial charge in [0.05, 0.1) is 12.1 Å². The molecule has 0 aliphatic carbocycles. The SMILES string of the molecule is CCC(O)(CC)CNc1cc(N2CCN(C)C(=O)C2)ncn1. The molecule has 7 heteroatoms. The predicted octanol–water partition coefficient (Wildman–Crippen LogP) is 0.718. The van der Waals surface area contributed by atoms with Crippen LogP contribution in [0.2, 0.25) is 0 Å². The van der Waals surface area contributed by atoms with E-state index in [0.717, 1.165) is 12.4 Å². The molecule has 7 nitrogen and oxygen atoms in total. The fourth-order valence-electron chi connectivity index (χ4n) is 2.33. The van der Waals surface area contributed by atoms with E-state index in [1.165, 1.54) is 6.33 Å². The van der Waals surface area contributed by atoms with Crippen molar-refractivity contribution in [3.63, 3.8) is 0 Å². The molecule has 0 unspecified atom stereocenters. The highest BCUT2D eigenvalue weighted by molar-refractivity contribution is 5.82. The smallest absolute Gasteiger partial charge is 0.241 e. The minimum absolute atomic E-state index is 0.0886. The van der Waals surface area contributed by atoms with Gasteiger partial charge in [0, 0.05) is 32.7 Å². The maximum Gasteiger partial charge on any atom is 0.241 e. The van der Waals surface area contributed by atoms with Crippen LogP contribution in [0.5, 0.6) is 0 Å². The Labute approximate surface area is 131 Å². The Balaban J connectivity index is 2.02. The van der Waals surface area contributed by atoms with E-state index in [-0.39, 0.29) is 5.91 Å². The fourth-order valence-corrected chi connectivity index (χ4v) is 2.33. The van der Waals surface area contributed by atoms with Crippen molar-refractivity contribution >= 4 is 17.5 Å². The Morgan fingerprint density at radius 1 is 1.32 bits per heavy atom. The third-order valence-corrected chi connectivity index (χ3v) is 4.35. The van der Waals surface area contributed by atoms with Gasteiger partial charge in [-0.25, -0.2) is 9.97 Å². The zero-order valence-corrected chi connectivity index (χ0v) is 13.5. The number of hydrogen-bond acceptors (Lipinski definition) is 6. The molecule has 2 rings (SSSR count). The number of rotatable bonds is 6. The maximum absolute atomic E-state index is 11.8. The monoisotopic (exact) mass is 307 g/mol. The van der Waals surface area contributed by atoms with Crippen molar-refractivity contribution in [2.75, 3.05) is 43.4 Å². The lowest BCUT2D eigenvalue weighted by Crippen LogP contribution is -2.48. The summed E-state index contributed by atoms with van der Waals surface area (Å²) in [5, 5.41) is 13.5. The molecule has 1 fully saturated rings. The van der Waals surface area contributed by atoms with Gasteiger partial charge in [0.2, 0.25) is 5.91 Å². The third-order valence-electron chi connectivity index (χ3n) is 4.35. The van der Waals surface area contributed by atoms with E-state index in [1.807, 2.05) is 31.9 Å². The van der Waals surface area contributed by atoms with Gasteiger partial charge in [0.25, 0.3) is 0 Å². The topological polar surface area (TPSA) is 81.6 Å². The Kier molecular flexibility index (Phi) is 5.18. The molecule has 1 aliphatic rings. The first-order valence-electron chi connectivity index (χ1n) is 7.74. The molecule has 1 aliphatic heterocycles. The third kappa shape index (κ3) is 3.85. The second-order valence-corrected chi connectivity index (χ2v) is 5.78. The van der Waals surface area contributed by atoms with Crippen LogP contribution in [0, 0.1) is 0 Å². The van der Waals surface area contributed by atoms with Crippen LogP contribution in [-0.4, -0.2) is 64.7 Å². The van der Waals surface area contributed by atoms with Gasteiger partial charge in [0.1, 0.15) is 18.0 Å². The summed E-state index contributed by atoms with van der Waals surface area (Å²) in [4.78, 5) is 23.9. The molecule has 22 heavy (non-hydrogen) atoms. The summed E-state index contributed by atoms with van der Waals surface area (Å²) in [5.41, 5.74) is -0.727. The molecule has 1 saturated heterocycles. The molecule has 1 aromatic rings. The summed E-state index contributed by atoms with van der Waals surface area (Å²) < 4.78 is 0. The molecule has 0 atom stereocenters. The Bertz CT molecular complexity index is 518. The number of carbonyl (C=O) groups excluding carboxylic acids is 1. The van der Waals surface area contributed by atoms with Crippen LogP contribution in [0.3, 0.4) is 0 Å². The molecule has 0 aromatic carbocycles. The van der Waals surface area contributed by atoms with Crippen molar-refractivity contribution in [3.05, 3.63) is 12.4 Å². The molecule has 1 aromatic heterocycles. The van der Waals surface area contributed by atoms with Crippen LogP contribution in [0.15, 0.2) is 12.4 Å². The number of amides is 1. The first kappa shape index (κ1) is 16.5. The molecular weight excluding hydrogens is 282 g/mol. The average molecular weight is 307 g/mol. The van der Waals surface area contributed by atoms with Gasteiger partial charge >= 0.3 is 0 Å². The van der Waals surface area contributed by atoms with Gasteiger partial charge in [-0.1, -0.05) is 13.8 Å². The number of aromatic nitrogens is 2. The summed E-state index contributed by atoms with van der Waals surface area (Å²) in [7, 11) is 1.81. The van der Waals surface area contributed by atoms with Gasteiger partial charge in [-0.2, -0.15) is 0 Å². The highest BCUT2D eigenvalue weighted by Crippen LogP contribution is 2.19. The van der Waals surface area contributed by atoms with E-state index in [0.29, 0.717) is 38.3 Å². The molecule has 0 radical (unpaired) electrons. The highest BCUT2D eigenvalue weighted by atomic mass is 16.3. The van der Waals surface area contributed by atoms with Crippen molar-refractivity contribution < 1.29 is 9.90 Å². The molecule has 0 saturated carbocycles. The number of nitrogens with one attached hydrogen (secondary N) is 1. The first-order chi connectivity index (χ1) is 10.5. The van der Waals surface area contributed by atoms with Crippen molar-refractivity contribution in [1.29, 1.82) is 0 Å². The molecule has 1 amide bonds. The van der Waals surface area contributed by atoms with Gasteiger partial charge < -0.3 is 20.2 Å². The zero-order valence-electron chi connectivity index (χ0n) is 13.5. The summed E-state index contributed by atoms with van der Waals surface area (Å²) in [5.74, 6) is 1.48. The minimum Gasteiger partial charge on any atom is -0.388 e. The van der Waals surface area contributed by atoms with E-state index in [4.69, 9.17) is 0 Å². The normalized spacial score (nSPS) is 16.1. The molecule has 0 bridgehead atoms. The fraction of sp³-hybridized carbons (Fsp3) is 0.667. The number of piperazine rings is 1. The highest BCUT2D eigenvalue weighted by Gasteiger charge is 2.24. The summed E-state index contributed by atoms with van der Waals surface area (Å²) >= 11 is 0. The van der Waals surface area contributed by atoms with Crippen LogP contribution < -0.4 is 10.2 Å². The van der Waals surface area contributed by atoms with E-state index < -0.39 is 5.60 Å². The van der Waals surface area contributed by atoms with Crippen molar-refractivity contribution in [2.45, 2.75) is 32.3 Å². The number of anilines is 2. The van der Waals surface area contributed by atoms with Crippen molar-refractivity contribution in [3.8, 4) is 0 Å². The standard InChI is InChI=1S/C15H25N5O2/c1-4-15(22,5-2)10-16-12-8-13(18-11-17-12)20-7-6-19(3)14(21)9-20/h8,11,22H,4-7,9-10H2,1-3H3,(H,16,17,18). The van der Waals surface area contributed by atoms with Crippen LogP contribution in [0.4, 0.5) is 11.6 Å². The first-order valence-corrected chi connectivity index (χ1v) is 7.74. The largest absolute Gasteiger partial charge is 0.388 e. The minimum atomic E-state index is -0.727. The Hall–Kier alpha value is -1.89. The quantitative estimate of drug-likeness (QED) is 0.806. The Morgan fingerprint density at radius 3 is 2.68 bits per heavy atom. The summed E-state index contributed by atoms with van der Waals surface area (Å²) in [6, 6.07) is 1.82. The van der Waals surface area contributed by atoms with E-state index >= 15 is 0 Å².